The highest BCUT2D eigenvalue weighted by atomic mass is 16.6. The smallest absolute Gasteiger partial charge is 0.331 e. The average molecular weight is 319 g/mol. The number of β-lactam (4-membered cyclic amide) rings is 1. The molecule has 0 bridgehead atoms. The fourth-order valence-corrected chi connectivity index (χ4v) is 2.52. The van der Waals surface area contributed by atoms with E-state index < -0.39 is 29.4 Å². The summed E-state index contributed by atoms with van der Waals surface area (Å²) in [6.07, 6.45) is 0. The van der Waals surface area contributed by atoms with Gasteiger partial charge >= 0.3 is 5.97 Å². The highest BCUT2D eigenvalue weighted by Crippen LogP contribution is 2.35. The van der Waals surface area contributed by atoms with Gasteiger partial charge in [0.1, 0.15) is 23.1 Å². The number of benzene rings is 1. The van der Waals surface area contributed by atoms with E-state index in [4.69, 9.17) is 9.47 Å². The Hall–Kier alpha value is -2.37. The van der Waals surface area contributed by atoms with Crippen molar-refractivity contribution in [3.05, 3.63) is 24.3 Å². The molecule has 2 atom stereocenters. The van der Waals surface area contributed by atoms with Crippen LogP contribution in [0.25, 0.3) is 0 Å². The predicted octanol–water partition coefficient (Wildman–Crippen LogP) is 1.96. The maximum atomic E-state index is 12.4. The summed E-state index contributed by atoms with van der Waals surface area (Å²) in [5.41, 5.74) is -0.160. The molecule has 1 aliphatic heterocycles. The minimum absolute atomic E-state index is 0.337. The van der Waals surface area contributed by atoms with Crippen molar-refractivity contribution in [2.75, 3.05) is 12.0 Å². The van der Waals surface area contributed by atoms with Gasteiger partial charge in [-0.3, -0.25) is 14.5 Å². The molecule has 124 valence electrons. The van der Waals surface area contributed by atoms with Crippen molar-refractivity contribution in [3.63, 3.8) is 0 Å². The quantitative estimate of drug-likeness (QED) is 0.482. The molecule has 0 radical (unpaired) electrons. The number of carbonyl (C=O) groups is 3. The first-order chi connectivity index (χ1) is 10.7. The molecular formula is C17H21NO5. The third-order valence-electron chi connectivity index (χ3n) is 3.53. The number of ether oxygens (including phenoxy) is 2. The van der Waals surface area contributed by atoms with E-state index in [1.807, 2.05) is 0 Å². The molecule has 0 spiro atoms. The van der Waals surface area contributed by atoms with E-state index in [1.165, 1.54) is 11.8 Å². The van der Waals surface area contributed by atoms with Crippen molar-refractivity contribution < 1.29 is 23.9 Å². The zero-order chi connectivity index (χ0) is 17.4. The first kappa shape index (κ1) is 17.0. The SMILES string of the molecule is COc1ccc(N2C(=O)[C@H](C(C)=O)[C@H]2C(=O)OC(C)(C)C)cc1. The highest BCUT2D eigenvalue weighted by molar-refractivity contribution is 6.20. The van der Waals surface area contributed by atoms with Gasteiger partial charge in [0, 0.05) is 5.69 Å². The van der Waals surface area contributed by atoms with Crippen molar-refractivity contribution in [1.29, 1.82) is 0 Å². The lowest BCUT2D eigenvalue weighted by Gasteiger charge is -2.44. The second kappa shape index (κ2) is 6.02. The summed E-state index contributed by atoms with van der Waals surface area (Å²) >= 11 is 0. The van der Waals surface area contributed by atoms with Crippen LogP contribution in [0.1, 0.15) is 27.7 Å². The minimum atomic E-state index is -0.980. The van der Waals surface area contributed by atoms with Crippen LogP contribution in [0.2, 0.25) is 0 Å². The van der Waals surface area contributed by atoms with Gasteiger partial charge in [0.2, 0.25) is 5.91 Å². The monoisotopic (exact) mass is 319 g/mol. The zero-order valence-electron chi connectivity index (χ0n) is 14.0. The largest absolute Gasteiger partial charge is 0.497 e. The summed E-state index contributed by atoms with van der Waals surface area (Å²) < 4.78 is 10.4. The lowest BCUT2D eigenvalue weighted by atomic mass is 9.83. The molecule has 1 aromatic carbocycles. The standard InChI is InChI=1S/C17H21NO5/c1-10(19)13-14(16(21)23-17(2,3)4)18(15(13)20)11-6-8-12(22-5)9-7-11/h6-9,13-14H,1-5H3/t13-,14+/m1/s1. The van der Waals surface area contributed by atoms with E-state index in [1.54, 1.807) is 52.1 Å². The summed E-state index contributed by atoms with van der Waals surface area (Å²) in [5, 5.41) is 0. The van der Waals surface area contributed by atoms with E-state index in [0.717, 1.165) is 0 Å². The Bertz CT molecular complexity index is 629. The molecule has 0 unspecified atom stereocenters. The number of rotatable bonds is 4. The van der Waals surface area contributed by atoms with E-state index in [-0.39, 0.29) is 5.78 Å². The maximum Gasteiger partial charge on any atom is 0.331 e. The van der Waals surface area contributed by atoms with Gasteiger partial charge in [-0.1, -0.05) is 0 Å². The fourth-order valence-electron chi connectivity index (χ4n) is 2.52. The van der Waals surface area contributed by atoms with Crippen molar-refractivity contribution in [2.45, 2.75) is 39.3 Å². The second-order valence-corrected chi connectivity index (χ2v) is 6.47. The molecule has 0 saturated carbocycles. The first-order valence-corrected chi connectivity index (χ1v) is 7.36. The molecule has 0 N–H and O–H groups in total. The van der Waals surface area contributed by atoms with Crippen LogP contribution >= 0.6 is 0 Å². The topological polar surface area (TPSA) is 72.9 Å². The molecule has 0 aromatic heterocycles. The number of hydrogen-bond acceptors (Lipinski definition) is 5. The molecule has 2 rings (SSSR count). The molecule has 1 fully saturated rings. The van der Waals surface area contributed by atoms with Crippen LogP contribution < -0.4 is 9.64 Å². The number of esters is 1. The number of carbonyl (C=O) groups excluding carboxylic acids is 3. The van der Waals surface area contributed by atoms with Crippen molar-refractivity contribution in [3.8, 4) is 5.75 Å². The summed E-state index contributed by atoms with van der Waals surface area (Å²) in [7, 11) is 1.54. The molecule has 1 aliphatic rings. The van der Waals surface area contributed by atoms with Gasteiger partial charge < -0.3 is 9.47 Å². The first-order valence-electron chi connectivity index (χ1n) is 7.36. The van der Waals surface area contributed by atoms with Crippen molar-refractivity contribution in [2.24, 2.45) is 5.92 Å². The van der Waals surface area contributed by atoms with Gasteiger partial charge in [0.15, 0.2) is 6.04 Å². The second-order valence-electron chi connectivity index (χ2n) is 6.47. The molecule has 1 saturated heterocycles. The maximum absolute atomic E-state index is 12.4. The van der Waals surface area contributed by atoms with Gasteiger partial charge in [-0.05, 0) is 52.0 Å². The summed E-state index contributed by atoms with van der Waals surface area (Å²) in [6, 6.07) is 5.80. The van der Waals surface area contributed by atoms with Gasteiger partial charge in [-0.15, -0.1) is 0 Å². The number of amides is 1. The summed E-state index contributed by atoms with van der Waals surface area (Å²) in [4.78, 5) is 37.7. The number of methoxy groups -OCH3 is 1. The number of hydrogen-bond donors (Lipinski definition) is 0. The Kier molecular flexibility index (Phi) is 4.45. The normalized spacial score (nSPS) is 20.7. The minimum Gasteiger partial charge on any atom is -0.497 e. The Morgan fingerprint density at radius 3 is 2.13 bits per heavy atom. The molecule has 1 amide bonds. The average Bonchev–Trinajstić information content (AvgIpc) is 2.43. The van der Waals surface area contributed by atoms with Crippen LogP contribution in [0, 0.1) is 5.92 Å². The van der Waals surface area contributed by atoms with Crippen molar-refractivity contribution >= 4 is 23.3 Å². The van der Waals surface area contributed by atoms with Crippen molar-refractivity contribution in [1.82, 2.24) is 0 Å². The molecule has 6 nitrogen and oxygen atoms in total. The highest BCUT2D eigenvalue weighted by Gasteiger charge is 2.56. The van der Waals surface area contributed by atoms with Crippen LogP contribution in [0.15, 0.2) is 24.3 Å². The van der Waals surface area contributed by atoms with Gasteiger partial charge in [0.25, 0.3) is 0 Å². The Morgan fingerprint density at radius 2 is 1.70 bits per heavy atom. The molecular weight excluding hydrogens is 298 g/mol. The Balaban J connectivity index is 2.30. The number of ketones is 1. The van der Waals surface area contributed by atoms with Gasteiger partial charge in [-0.25, -0.2) is 4.79 Å². The van der Waals surface area contributed by atoms with E-state index >= 15 is 0 Å². The number of anilines is 1. The lowest BCUT2D eigenvalue weighted by Crippen LogP contribution is -2.67. The van der Waals surface area contributed by atoms with E-state index in [0.29, 0.717) is 11.4 Å². The molecule has 0 aliphatic carbocycles. The third kappa shape index (κ3) is 3.36. The molecule has 1 heterocycles. The lowest BCUT2D eigenvalue weighted by molar-refractivity contribution is -0.165. The van der Waals surface area contributed by atoms with E-state index in [2.05, 4.69) is 0 Å². The Morgan fingerprint density at radius 1 is 1.13 bits per heavy atom. The van der Waals surface area contributed by atoms with E-state index in [9.17, 15) is 14.4 Å². The van der Waals surface area contributed by atoms with Crippen LogP contribution in [0.5, 0.6) is 5.75 Å². The van der Waals surface area contributed by atoms with Crippen LogP contribution in [-0.4, -0.2) is 36.4 Å². The molecule has 1 aromatic rings. The number of nitrogens with zero attached hydrogens (tertiary/aromatic N) is 1. The van der Waals surface area contributed by atoms with Gasteiger partial charge in [0.05, 0.1) is 7.11 Å². The molecule has 23 heavy (non-hydrogen) atoms. The summed E-state index contributed by atoms with van der Waals surface area (Å²) in [5.74, 6) is -1.65. The zero-order valence-corrected chi connectivity index (χ0v) is 14.0. The predicted molar refractivity (Wildman–Crippen MR) is 84.3 cm³/mol. The van der Waals surface area contributed by atoms with Gasteiger partial charge in [-0.2, -0.15) is 0 Å². The molecule has 6 heteroatoms. The third-order valence-corrected chi connectivity index (χ3v) is 3.53. The van der Waals surface area contributed by atoms with Crippen LogP contribution in [0.3, 0.4) is 0 Å². The van der Waals surface area contributed by atoms with Crippen LogP contribution in [0.4, 0.5) is 5.69 Å². The number of Topliss-reactive ketones (excluding diaryl/α,β-unsaturated/α-hetero) is 1. The summed E-state index contributed by atoms with van der Waals surface area (Å²) in [6.45, 7) is 6.54. The van der Waals surface area contributed by atoms with Crippen LogP contribution in [-0.2, 0) is 19.1 Å². The Labute approximate surface area is 135 Å². The fraction of sp³-hybridized carbons (Fsp3) is 0.471.